The third kappa shape index (κ3) is 4.59. The van der Waals surface area contributed by atoms with Crippen LogP contribution in [0.4, 0.5) is 13.2 Å². The van der Waals surface area contributed by atoms with Crippen molar-refractivity contribution in [3.8, 4) is 11.8 Å². The van der Waals surface area contributed by atoms with Crippen molar-refractivity contribution in [1.82, 2.24) is 0 Å². The molecule has 0 saturated heterocycles. The highest BCUT2D eigenvalue weighted by Gasteiger charge is 2.43. The predicted octanol–water partition coefficient (Wildman–Crippen LogP) is 3.52. The van der Waals surface area contributed by atoms with Gasteiger partial charge in [0.25, 0.3) is 0 Å². The summed E-state index contributed by atoms with van der Waals surface area (Å²) >= 11 is 0. The Bertz CT molecular complexity index is 287. The molecule has 1 aliphatic rings. The molecular weight excluding hydrogens is 229 g/mol. The first-order valence-electron chi connectivity index (χ1n) is 6.09. The van der Waals surface area contributed by atoms with Crippen molar-refractivity contribution in [2.45, 2.75) is 57.7 Å². The fraction of sp³-hybridized carbons (Fsp3) is 0.846. The standard InChI is InChI=1S/C13H19F3O/c1-2-3-4-8-12(17)10-6-5-7-11(9-10)13(14,15)16/h10-12,17H,4-9H2,1H3. The molecule has 3 atom stereocenters. The number of hydrogen-bond acceptors (Lipinski definition) is 1. The Kier molecular flexibility index (Phi) is 5.32. The lowest BCUT2D eigenvalue weighted by molar-refractivity contribution is -0.188. The highest BCUT2D eigenvalue weighted by molar-refractivity contribution is 4.95. The van der Waals surface area contributed by atoms with Gasteiger partial charge in [-0.25, -0.2) is 0 Å². The molecule has 3 unspecified atom stereocenters. The Hall–Kier alpha value is -0.690. The molecule has 0 bridgehead atoms. The van der Waals surface area contributed by atoms with E-state index in [1.165, 1.54) is 0 Å². The minimum atomic E-state index is -4.11. The molecule has 1 saturated carbocycles. The Labute approximate surface area is 100 Å². The van der Waals surface area contributed by atoms with E-state index in [0.717, 1.165) is 0 Å². The van der Waals surface area contributed by atoms with Gasteiger partial charge in [0.1, 0.15) is 0 Å². The molecular formula is C13H19F3O. The van der Waals surface area contributed by atoms with Crippen LogP contribution in [0.1, 0.15) is 45.4 Å². The molecule has 17 heavy (non-hydrogen) atoms. The summed E-state index contributed by atoms with van der Waals surface area (Å²) in [7, 11) is 0. The predicted molar refractivity (Wildman–Crippen MR) is 60.2 cm³/mol. The van der Waals surface area contributed by atoms with Gasteiger partial charge < -0.3 is 5.11 Å². The van der Waals surface area contributed by atoms with Gasteiger partial charge in [-0.2, -0.15) is 13.2 Å². The average Bonchev–Trinajstić information content (AvgIpc) is 2.28. The molecule has 0 spiro atoms. The largest absolute Gasteiger partial charge is 0.393 e. The first-order chi connectivity index (χ1) is 7.95. The van der Waals surface area contributed by atoms with Crippen molar-refractivity contribution in [1.29, 1.82) is 0 Å². The van der Waals surface area contributed by atoms with Gasteiger partial charge in [-0.05, 0) is 38.5 Å². The van der Waals surface area contributed by atoms with Crippen LogP contribution < -0.4 is 0 Å². The summed E-state index contributed by atoms with van der Waals surface area (Å²) in [6.45, 7) is 1.71. The summed E-state index contributed by atoms with van der Waals surface area (Å²) in [5, 5.41) is 9.85. The van der Waals surface area contributed by atoms with E-state index < -0.39 is 18.2 Å². The van der Waals surface area contributed by atoms with Gasteiger partial charge in [-0.3, -0.25) is 0 Å². The Morgan fingerprint density at radius 2 is 2.06 bits per heavy atom. The van der Waals surface area contributed by atoms with Crippen molar-refractivity contribution in [3.63, 3.8) is 0 Å². The number of alkyl halides is 3. The smallest absolute Gasteiger partial charge is 0.391 e. The van der Waals surface area contributed by atoms with E-state index >= 15 is 0 Å². The fourth-order valence-electron chi connectivity index (χ4n) is 2.46. The van der Waals surface area contributed by atoms with Crippen LogP contribution in [0.5, 0.6) is 0 Å². The SMILES string of the molecule is CC#CCCC(O)C1CCCC(C(F)(F)F)C1. The zero-order valence-corrected chi connectivity index (χ0v) is 10.1. The number of aliphatic hydroxyl groups excluding tert-OH is 1. The van der Waals surface area contributed by atoms with Crippen LogP contribution in [0, 0.1) is 23.7 Å². The van der Waals surface area contributed by atoms with Crippen LogP contribution in [-0.4, -0.2) is 17.4 Å². The third-order valence-electron chi connectivity index (χ3n) is 3.46. The quantitative estimate of drug-likeness (QED) is 0.758. The van der Waals surface area contributed by atoms with E-state index in [4.69, 9.17) is 0 Å². The minimum absolute atomic E-state index is 0.0736. The van der Waals surface area contributed by atoms with Gasteiger partial charge in [0.15, 0.2) is 0 Å². The fourth-order valence-corrected chi connectivity index (χ4v) is 2.46. The number of halogens is 3. The third-order valence-corrected chi connectivity index (χ3v) is 3.46. The van der Waals surface area contributed by atoms with Gasteiger partial charge in [-0.15, -0.1) is 11.8 Å². The average molecular weight is 248 g/mol. The monoisotopic (exact) mass is 248 g/mol. The molecule has 1 aliphatic carbocycles. The Balaban J connectivity index is 2.45. The highest BCUT2D eigenvalue weighted by Crippen LogP contribution is 2.41. The van der Waals surface area contributed by atoms with Crippen LogP contribution in [0.2, 0.25) is 0 Å². The Morgan fingerprint density at radius 1 is 1.35 bits per heavy atom. The lowest BCUT2D eigenvalue weighted by Gasteiger charge is -2.33. The van der Waals surface area contributed by atoms with Gasteiger partial charge in [0.05, 0.1) is 12.0 Å². The van der Waals surface area contributed by atoms with Gasteiger partial charge in [-0.1, -0.05) is 6.42 Å². The van der Waals surface area contributed by atoms with Crippen molar-refractivity contribution < 1.29 is 18.3 Å². The highest BCUT2D eigenvalue weighted by atomic mass is 19.4. The molecule has 0 heterocycles. The van der Waals surface area contributed by atoms with Gasteiger partial charge in [0.2, 0.25) is 0 Å². The molecule has 4 heteroatoms. The van der Waals surface area contributed by atoms with Crippen molar-refractivity contribution in [2.75, 3.05) is 0 Å². The summed E-state index contributed by atoms with van der Waals surface area (Å²) in [4.78, 5) is 0. The van der Waals surface area contributed by atoms with Gasteiger partial charge in [0, 0.05) is 6.42 Å². The van der Waals surface area contributed by atoms with E-state index in [1.807, 2.05) is 0 Å². The molecule has 0 aromatic carbocycles. The lowest BCUT2D eigenvalue weighted by atomic mass is 9.77. The molecule has 1 rings (SSSR count). The summed E-state index contributed by atoms with van der Waals surface area (Å²) in [5.41, 5.74) is 0. The molecule has 0 aliphatic heterocycles. The zero-order chi connectivity index (χ0) is 12.9. The molecule has 1 N–H and O–H groups in total. The van der Waals surface area contributed by atoms with Crippen LogP contribution in [0.15, 0.2) is 0 Å². The second-order valence-electron chi connectivity index (χ2n) is 4.70. The zero-order valence-electron chi connectivity index (χ0n) is 10.1. The van der Waals surface area contributed by atoms with E-state index in [9.17, 15) is 18.3 Å². The van der Waals surface area contributed by atoms with Crippen molar-refractivity contribution in [3.05, 3.63) is 0 Å². The van der Waals surface area contributed by atoms with E-state index in [-0.39, 0.29) is 18.8 Å². The molecule has 0 aromatic heterocycles. The van der Waals surface area contributed by atoms with Crippen LogP contribution in [-0.2, 0) is 0 Å². The van der Waals surface area contributed by atoms with E-state index in [2.05, 4.69) is 11.8 Å². The van der Waals surface area contributed by atoms with Gasteiger partial charge >= 0.3 is 6.18 Å². The summed E-state index contributed by atoms with van der Waals surface area (Å²) in [6, 6.07) is 0. The molecule has 0 amide bonds. The topological polar surface area (TPSA) is 20.2 Å². The van der Waals surface area contributed by atoms with Crippen LogP contribution in [0.3, 0.4) is 0 Å². The minimum Gasteiger partial charge on any atom is -0.393 e. The van der Waals surface area contributed by atoms with Crippen LogP contribution in [0.25, 0.3) is 0 Å². The van der Waals surface area contributed by atoms with Crippen molar-refractivity contribution in [2.24, 2.45) is 11.8 Å². The molecule has 0 radical (unpaired) electrons. The first-order valence-corrected chi connectivity index (χ1v) is 6.09. The second kappa shape index (κ2) is 6.30. The maximum absolute atomic E-state index is 12.6. The number of hydrogen-bond donors (Lipinski definition) is 1. The van der Waals surface area contributed by atoms with Crippen molar-refractivity contribution >= 4 is 0 Å². The molecule has 0 aromatic rings. The first kappa shape index (κ1) is 14.4. The number of rotatable bonds is 3. The summed E-state index contributed by atoms with van der Waals surface area (Å²) < 4.78 is 37.7. The van der Waals surface area contributed by atoms with E-state index in [1.54, 1.807) is 6.92 Å². The molecule has 1 fully saturated rings. The Morgan fingerprint density at radius 3 is 2.65 bits per heavy atom. The maximum Gasteiger partial charge on any atom is 0.391 e. The van der Waals surface area contributed by atoms with Crippen LogP contribution >= 0.6 is 0 Å². The molecule has 1 nitrogen and oxygen atoms in total. The normalized spacial score (nSPS) is 27.1. The lowest BCUT2D eigenvalue weighted by Crippen LogP contribution is -2.33. The van der Waals surface area contributed by atoms with E-state index in [0.29, 0.717) is 25.7 Å². The summed E-state index contributed by atoms with van der Waals surface area (Å²) in [6.07, 6.45) is -2.16. The number of aliphatic hydroxyl groups is 1. The second-order valence-corrected chi connectivity index (χ2v) is 4.70. The summed E-state index contributed by atoms with van der Waals surface area (Å²) in [5.74, 6) is 4.10. The molecule has 98 valence electrons. The maximum atomic E-state index is 12.6.